The number of aryl methyl sites for hydroxylation is 1. The van der Waals surface area contributed by atoms with E-state index in [0.717, 1.165) is 5.57 Å². The third kappa shape index (κ3) is 2.14. The zero-order valence-electron chi connectivity index (χ0n) is 14.8. The van der Waals surface area contributed by atoms with Crippen LogP contribution in [0.1, 0.15) is 34.7 Å². The third-order valence-corrected chi connectivity index (χ3v) is 5.30. The summed E-state index contributed by atoms with van der Waals surface area (Å²) in [7, 11) is 0. The molecule has 4 rings (SSSR count). The molecule has 0 saturated heterocycles. The smallest absolute Gasteiger partial charge is 0.0581 e. The summed E-state index contributed by atoms with van der Waals surface area (Å²) in [6.07, 6.45) is 15.1. The predicted octanol–water partition coefficient (Wildman–Crippen LogP) is 6.62. The summed E-state index contributed by atoms with van der Waals surface area (Å²) < 4.78 is 0. The molecule has 0 N–H and O–H groups in total. The molecule has 2 aromatic carbocycles. The Bertz CT molecular complexity index is 977. The molecule has 0 nitrogen and oxygen atoms in total. The van der Waals surface area contributed by atoms with Crippen LogP contribution in [0.5, 0.6) is 0 Å². The van der Waals surface area contributed by atoms with Gasteiger partial charge in [0.1, 0.15) is 0 Å². The monoisotopic (exact) mass is 322 g/mol. The van der Waals surface area contributed by atoms with Gasteiger partial charge < -0.3 is 0 Å². The van der Waals surface area contributed by atoms with E-state index in [9.17, 15) is 0 Å². The molecule has 2 aliphatic rings. The van der Waals surface area contributed by atoms with E-state index in [1.807, 2.05) is 6.08 Å². The van der Waals surface area contributed by atoms with E-state index in [0.29, 0.717) is 0 Å². The Morgan fingerprint density at radius 1 is 0.960 bits per heavy atom. The molecule has 122 valence electrons. The van der Waals surface area contributed by atoms with Crippen molar-refractivity contribution < 1.29 is 0 Å². The largest absolute Gasteiger partial charge is 0.0984 e. The van der Waals surface area contributed by atoms with Gasteiger partial charge in [0.15, 0.2) is 0 Å². The van der Waals surface area contributed by atoms with E-state index in [1.54, 1.807) is 0 Å². The second-order valence-electron chi connectivity index (χ2n) is 6.96. The van der Waals surface area contributed by atoms with Crippen molar-refractivity contribution in [3.63, 3.8) is 0 Å². The minimum atomic E-state index is -0.217. The fraction of sp³-hybridized carbons (Fsp3) is 0.120. The van der Waals surface area contributed by atoms with E-state index >= 15 is 0 Å². The molecule has 0 heterocycles. The molecule has 0 bridgehead atoms. The molecule has 0 fully saturated rings. The van der Waals surface area contributed by atoms with Crippen LogP contribution in [0.2, 0.25) is 0 Å². The topological polar surface area (TPSA) is 0 Å². The van der Waals surface area contributed by atoms with Gasteiger partial charge in [0, 0.05) is 0 Å². The predicted molar refractivity (Wildman–Crippen MR) is 110 cm³/mol. The Kier molecular flexibility index (Phi) is 3.51. The van der Waals surface area contributed by atoms with E-state index in [1.165, 1.54) is 38.9 Å². The first-order valence-corrected chi connectivity index (χ1v) is 8.69. The van der Waals surface area contributed by atoms with E-state index in [2.05, 4.69) is 93.8 Å². The highest BCUT2D eigenvalue weighted by atomic mass is 14.4. The van der Waals surface area contributed by atoms with Gasteiger partial charge in [-0.15, -0.1) is 0 Å². The SMILES string of the molecule is C=Cc1c(C(=C)C)ccc2c1-c1ccc(C)cc1C21C=CC=CC=C1. The van der Waals surface area contributed by atoms with E-state index in [-0.39, 0.29) is 5.41 Å². The van der Waals surface area contributed by atoms with Crippen molar-refractivity contribution in [2.45, 2.75) is 19.3 Å². The van der Waals surface area contributed by atoms with Crippen LogP contribution in [0.4, 0.5) is 0 Å². The van der Waals surface area contributed by atoms with Crippen LogP contribution in [-0.4, -0.2) is 0 Å². The van der Waals surface area contributed by atoms with Gasteiger partial charge in [-0.05, 0) is 47.2 Å². The van der Waals surface area contributed by atoms with Crippen LogP contribution in [0.15, 0.2) is 79.9 Å². The van der Waals surface area contributed by atoms with Gasteiger partial charge in [-0.3, -0.25) is 0 Å². The van der Waals surface area contributed by atoms with Crippen molar-refractivity contribution in [1.29, 1.82) is 0 Å². The lowest BCUT2D eigenvalue weighted by molar-refractivity contribution is 0.844. The fourth-order valence-electron chi connectivity index (χ4n) is 4.16. The Balaban J connectivity index is 2.16. The molecule has 0 radical (unpaired) electrons. The highest BCUT2D eigenvalue weighted by molar-refractivity contribution is 5.93. The maximum atomic E-state index is 4.16. The van der Waals surface area contributed by atoms with Gasteiger partial charge in [0.25, 0.3) is 0 Å². The highest BCUT2D eigenvalue weighted by Gasteiger charge is 2.40. The Morgan fingerprint density at radius 3 is 2.32 bits per heavy atom. The Labute approximate surface area is 150 Å². The molecule has 2 aliphatic carbocycles. The third-order valence-electron chi connectivity index (χ3n) is 5.30. The van der Waals surface area contributed by atoms with Crippen LogP contribution in [0, 0.1) is 6.92 Å². The van der Waals surface area contributed by atoms with Crippen molar-refractivity contribution in [3.05, 3.63) is 108 Å². The molecule has 0 unspecified atom stereocenters. The quantitative estimate of drug-likeness (QED) is 0.583. The number of fused-ring (bicyclic) bond motifs is 5. The molecule has 1 spiro atoms. The minimum Gasteiger partial charge on any atom is -0.0984 e. The van der Waals surface area contributed by atoms with Crippen molar-refractivity contribution in [2.24, 2.45) is 0 Å². The molecular formula is C25H22. The first-order valence-electron chi connectivity index (χ1n) is 8.69. The summed E-state index contributed by atoms with van der Waals surface area (Å²) in [4.78, 5) is 0. The average molecular weight is 322 g/mol. The molecule has 0 saturated carbocycles. The summed E-state index contributed by atoms with van der Waals surface area (Å²) >= 11 is 0. The lowest BCUT2D eigenvalue weighted by Gasteiger charge is -2.25. The summed E-state index contributed by atoms with van der Waals surface area (Å²) in [5, 5.41) is 0. The lowest BCUT2D eigenvalue weighted by Crippen LogP contribution is -2.19. The number of hydrogen-bond donors (Lipinski definition) is 0. The van der Waals surface area contributed by atoms with Gasteiger partial charge in [-0.2, -0.15) is 0 Å². The van der Waals surface area contributed by atoms with Gasteiger partial charge in [-0.25, -0.2) is 0 Å². The fourth-order valence-corrected chi connectivity index (χ4v) is 4.16. The molecule has 25 heavy (non-hydrogen) atoms. The lowest BCUT2D eigenvalue weighted by atomic mass is 9.77. The van der Waals surface area contributed by atoms with Gasteiger partial charge in [-0.1, -0.05) is 97.2 Å². The number of rotatable bonds is 2. The summed E-state index contributed by atoms with van der Waals surface area (Å²) in [6, 6.07) is 11.2. The zero-order chi connectivity index (χ0) is 17.6. The number of benzene rings is 2. The van der Waals surface area contributed by atoms with Crippen LogP contribution in [0.25, 0.3) is 22.8 Å². The summed E-state index contributed by atoms with van der Waals surface area (Å²) in [6.45, 7) is 12.5. The second-order valence-corrected chi connectivity index (χ2v) is 6.96. The maximum Gasteiger partial charge on any atom is 0.0581 e. The molecule has 2 aromatic rings. The molecule has 0 aromatic heterocycles. The molecule has 0 aliphatic heterocycles. The first kappa shape index (κ1) is 15.7. The normalized spacial score (nSPS) is 15.8. The van der Waals surface area contributed by atoms with Crippen molar-refractivity contribution in [3.8, 4) is 11.1 Å². The van der Waals surface area contributed by atoms with E-state index < -0.39 is 0 Å². The second kappa shape index (κ2) is 5.60. The van der Waals surface area contributed by atoms with Gasteiger partial charge in [0.2, 0.25) is 0 Å². The van der Waals surface area contributed by atoms with Gasteiger partial charge >= 0.3 is 0 Å². The van der Waals surface area contributed by atoms with Crippen molar-refractivity contribution >= 4 is 11.6 Å². The molecule has 0 amide bonds. The number of hydrogen-bond acceptors (Lipinski definition) is 0. The van der Waals surface area contributed by atoms with Gasteiger partial charge in [0.05, 0.1) is 5.41 Å². The van der Waals surface area contributed by atoms with Crippen molar-refractivity contribution in [1.82, 2.24) is 0 Å². The van der Waals surface area contributed by atoms with Crippen LogP contribution in [-0.2, 0) is 5.41 Å². The van der Waals surface area contributed by atoms with Crippen LogP contribution < -0.4 is 0 Å². The first-order chi connectivity index (χ1) is 12.1. The van der Waals surface area contributed by atoms with Crippen LogP contribution in [0.3, 0.4) is 0 Å². The average Bonchev–Trinajstić information content (AvgIpc) is 2.76. The standard InChI is InChI=1S/C25H22/c1-5-19-20(17(2)3)12-13-22-24(19)21-11-10-18(4)16-23(21)25(22)14-8-6-7-9-15-25/h5-16H,1-2H2,3-4H3. The Morgan fingerprint density at radius 2 is 1.68 bits per heavy atom. The maximum absolute atomic E-state index is 4.16. The van der Waals surface area contributed by atoms with Crippen LogP contribution >= 0.6 is 0 Å². The molecule has 0 atom stereocenters. The minimum absolute atomic E-state index is 0.217. The highest BCUT2D eigenvalue weighted by Crippen LogP contribution is 2.53. The summed E-state index contributed by atoms with van der Waals surface area (Å²) in [5.74, 6) is 0. The molecule has 0 heteroatoms. The number of allylic oxidation sites excluding steroid dienone is 7. The molecular weight excluding hydrogens is 300 g/mol. The zero-order valence-corrected chi connectivity index (χ0v) is 14.8. The Hall–Kier alpha value is -2.86. The van der Waals surface area contributed by atoms with Crippen molar-refractivity contribution in [2.75, 3.05) is 0 Å². The summed E-state index contributed by atoms with van der Waals surface area (Å²) in [5.41, 5.74) is 9.77. The van der Waals surface area contributed by atoms with E-state index in [4.69, 9.17) is 0 Å².